The summed E-state index contributed by atoms with van der Waals surface area (Å²) in [6.45, 7) is 2.68. The Bertz CT molecular complexity index is 491. The molecule has 0 bridgehead atoms. The predicted molar refractivity (Wildman–Crippen MR) is 75.3 cm³/mol. The largest absolute Gasteiger partial charge is 0.478 e. The molecule has 1 aliphatic heterocycles. The number of carboxylic acids is 1. The van der Waals surface area contributed by atoms with Crippen LogP contribution >= 0.6 is 0 Å². The van der Waals surface area contributed by atoms with Crippen molar-refractivity contribution >= 4 is 5.97 Å². The van der Waals surface area contributed by atoms with Gasteiger partial charge in [0.25, 0.3) is 0 Å². The Morgan fingerprint density at radius 1 is 1.50 bits per heavy atom. The summed E-state index contributed by atoms with van der Waals surface area (Å²) in [6, 6.07) is 4.86. The minimum Gasteiger partial charge on any atom is -0.478 e. The highest BCUT2D eigenvalue weighted by molar-refractivity contribution is 5.88. The fraction of sp³-hybridized carbons (Fsp3) is 0.533. The second kappa shape index (κ2) is 6.33. The average molecular weight is 280 g/mol. The number of likely N-dealkylation sites (tertiary alicyclic amines) is 1. The number of hydrogen-bond donors (Lipinski definition) is 1. The number of nitrogens with zero attached hydrogens (tertiary/aromatic N) is 2. The molecule has 20 heavy (non-hydrogen) atoms. The molecule has 1 aromatic carbocycles. The van der Waals surface area contributed by atoms with Crippen LogP contribution in [0.4, 0.5) is 4.39 Å². The van der Waals surface area contributed by atoms with Gasteiger partial charge in [-0.1, -0.05) is 6.07 Å². The molecule has 1 saturated heterocycles. The zero-order chi connectivity index (χ0) is 14.7. The fourth-order valence-electron chi connectivity index (χ4n) is 2.80. The number of carbonyl (C=O) groups is 1. The summed E-state index contributed by atoms with van der Waals surface area (Å²) in [4.78, 5) is 15.5. The zero-order valence-corrected chi connectivity index (χ0v) is 12.0. The highest BCUT2D eigenvalue weighted by atomic mass is 19.1. The summed E-state index contributed by atoms with van der Waals surface area (Å²) >= 11 is 0. The lowest BCUT2D eigenvalue weighted by Crippen LogP contribution is -2.37. The Kier molecular flexibility index (Phi) is 4.73. The van der Waals surface area contributed by atoms with Crippen LogP contribution in [0.3, 0.4) is 0 Å². The second-order valence-corrected chi connectivity index (χ2v) is 5.65. The van der Waals surface area contributed by atoms with Gasteiger partial charge in [-0.25, -0.2) is 9.18 Å². The monoisotopic (exact) mass is 280 g/mol. The van der Waals surface area contributed by atoms with Crippen LogP contribution in [0.1, 0.15) is 28.8 Å². The number of benzene rings is 1. The molecule has 1 aromatic rings. The summed E-state index contributed by atoms with van der Waals surface area (Å²) < 4.78 is 13.4. The van der Waals surface area contributed by atoms with E-state index in [1.807, 2.05) is 0 Å². The topological polar surface area (TPSA) is 43.8 Å². The molecule has 2 rings (SSSR count). The van der Waals surface area contributed by atoms with E-state index in [1.165, 1.54) is 12.1 Å². The van der Waals surface area contributed by atoms with Crippen molar-refractivity contribution in [1.82, 2.24) is 9.80 Å². The Balaban J connectivity index is 2.09. The lowest BCUT2D eigenvalue weighted by molar-refractivity contribution is 0.0691. The minimum absolute atomic E-state index is 0.245. The highest BCUT2D eigenvalue weighted by Gasteiger charge is 2.25. The third-order valence-electron chi connectivity index (χ3n) is 3.72. The van der Waals surface area contributed by atoms with Crippen molar-refractivity contribution in [3.63, 3.8) is 0 Å². The molecular formula is C15H21FN2O2. The third kappa shape index (κ3) is 3.55. The molecule has 0 radical (unpaired) electrons. The molecule has 1 N–H and O–H groups in total. The van der Waals surface area contributed by atoms with E-state index in [1.54, 1.807) is 6.07 Å². The molecule has 110 valence electrons. The molecule has 0 aliphatic carbocycles. The van der Waals surface area contributed by atoms with E-state index in [4.69, 9.17) is 5.11 Å². The predicted octanol–water partition coefficient (Wildman–Crippen LogP) is 2.05. The van der Waals surface area contributed by atoms with Crippen LogP contribution in [0, 0.1) is 5.82 Å². The normalized spacial score (nSPS) is 19.7. The number of carboxylic acid groups (broad SMARTS) is 1. The number of aromatic carboxylic acids is 1. The van der Waals surface area contributed by atoms with Gasteiger partial charge in [-0.3, -0.25) is 4.90 Å². The van der Waals surface area contributed by atoms with Gasteiger partial charge >= 0.3 is 5.97 Å². The van der Waals surface area contributed by atoms with Crippen LogP contribution in [-0.4, -0.2) is 54.1 Å². The Hall–Kier alpha value is -1.46. The Morgan fingerprint density at radius 2 is 2.25 bits per heavy atom. The number of halogens is 1. The fourth-order valence-corrected chi connectivity index (χ4v) is 2.80. The summed E-state index contributed by atoms with van der Waals surface area (Å²) in [5.41, 5.74) is 0.611. The van der Waals surface area contributed by atoms with Gasteiger partial charge in [0.05, 0.1) is 5.56 Å². The Morgan fingerprint density at radius 3 is 2.90 bits per heavy atom. The van der Waals surface area contributed by atoms with Gasteiger partial charge in [0, 0.05) is 19.1 Å². The van der Waals surface area contributed by atoms with E-state index in [0.29, 0.717) is 12.6 Å². The van der Waals surface area contributed by atoms with Crippen molar-refractivity contribution < 1.29 is 14.3 Å². The van der Waals surface area contributed by atoms with Crippen molar-refractivity contribution in [3.8, 4) is 0 Å². The molecule has 1 fully saturated rings. The first-order chi connectivity index (χ1) is 9.47. The van der Waals surface area contributed by atoms with E-state index >= 15 is 0 Å². The maximum atomic E-state index is 13.4. The molecule has 1 unspecified atom stereocenters. The SMILES string of the molecule is CN(C)CC1CCCN1Cc1ccc(F)c(C(=O)O)c1. The number of rotatable bonds is 5. The summed E-state index contributed by atoms with van der Waals surface area (Å²) in [5.74, 6) is -1.89. The molecule has 1 atom stereocenters. The van der Waals surface area contributed by atoms with Gasteiger partial charge in [-0.2, -0.15) is 0 Å². The second-order valence-electron chi connectivity index (χ2n) is 5.65. The maximum Gasteiger partial charge on any atom is 0.338 e. The zero-order valence-electron chi connectivity index (χ0n) is 12.0. The summed E-state index contributed by atoms with van der Waals surface area (Å²) in [7, 11) is 4.11. The van der Waals surface area contributed by atoms with Crippen LogP contribution in [0.15, 0.2) is 18.2 Å². The van der Waals surface area contributed by atoms with Crippen LogP contribution < -0.4 is 0 Å². The van der Waals surface area contributed by atoms with Gasteiger partial charge in [-0.15, -0.1) is 0 Å². The van der Waals surface area contributed by atoms with Crippen molar-refractivity contribution in [2.24, 2.45) is 0 Å². The van der Waals surface area contributed by atoms with Gasteiger partial charge in [0.1, 0.15) is 5.82 Å². The van der Waals surface area contributed by atoms with E-state index in [0.717, 1.165) is 31.5 Å². The Labute approximate surface area is 118 Å². The maximum absolute atomic E-state index is 13.4. The third-order valence-corrected chi connectivity index (χ3v) is 3.72. The molecular weight excluding hydrogens is 259 g/mol. The van der Waals surface area contributed by atoms with E-state index < -0.39 is 11.8 Å². The lowest BCUT2D eigenvalue weighted by atomic mass is 10.1. The van der Waals surface area contributed by atoms with Crippen LogP contribution in [0.25, 0.3) is 0 Å². The first-order valence-corrected chi connectivity index (χ1v) is 6.88. The number of likely N-dealkylation sites (N-methyl/N-ethyl adjacent to an activating group) is 1. The molecule has 0 amide bonds. The van der Waals surface area contributed by atoms with Gasteiger partial charge < -0.3 is 10.0 Å². The van der Waals surface area contributed by atoms with Crippen molar-refractivity contribution in [3.05, 3.63) is 35.1 Å². The molecule has 0 saturated carbocycles. The summed E-state index contributed by atoms with van der Waals surface area (Å²) in [5, 5.41) is 8.96. The first kappa shape index (κ1) is 14.9. The minimum atomic E-state index is -1.21. The molecule has 5 heteroatoms. The lowest BCUT2D eigenvalue weighted by Gasteiger charge is -2.27. The van der Waals surface area contributed by atoms with Gasteiger partial charge in [0.2, 0.25) is 0 Å². The molecule has 0 aromatic heterocycles. The molecule has 1 aliphatic rings. The molecule has 4 nitrogen and oxygen atoms in total. The van der Waals surface area contributed by atoms with Crippen molar-refractivity contribution in [1.29, 1.82) is 0 Å². The van der Waals surface area contributed by atoms with E-state index in [2.05, 4.69) is 23.9 Å². The number of hydrogen-bond acceptors (Lipinski definition) is 3. The van der Waals surface area contributed by atoms with Gasteiger partial charge in [-0.05, 0) is 51.2 Å². The van der Waals surface area contributed by atoms with Crippen LogP contribution in [0.5, 0.6) is 0 Å². The van der Waals surface area contributed by atoms with Crippen molar-refractivity contribution in [2.75, 3.05) is 27.2 Å². The summed E-state index contributed by atoms with van der Waals surface area (Å²) in [6.07, 6.45) is 2.32. The van der Waals surface area contributed by atoms with Crippen molar-refractivity contribution in [2.45, 2.75) is 25.4 Å². The van der Waals surface area contributed by atoms with E-state index in [9.17, 15) is 9.18 Å². The van der Waals surface area contributed by atoms with Crippen LogP contribution in [-0.2, 0) is 6.54 Å². The molecule has 0 spiro atoms. The first-order valence-electron chi connectivity index (χ1n) is 6.88. The smallest absolute Gasteiger partial charge is 0.338 e. The van der Waals surface area contributed by atoms with Gasteiger partial charge in [0.15, 0.2) is 0 Å². The highest BCUT2D eigenvalue weighted by Crippen LogP contribution is 2.21. The van der Waals surface area contributed by atoms with E-state index in [-0.39, 0.29) is 5.56 Å². The van der Waals surface area contributed by atoms with Crippen LogP contribution in [0.2, 0.25) is 0 Å². The molecule has 1 heterocycles. The quantitative estimate of drug-likeness (QED) is 0.896. The standard InChI is InChI=1S/C15H21FN2O2/c1-17(2)10-12-4-3-7-18(12)9-11-5-6-14(16)13(8-11)15(19)20/h5-6,8,12H,3-4,7,9-10H2,1-2H3,(H,19,20). The average Bonchev–Trinajstić information content (AvgIpc) is 2.78.